The maximum absolute atomic E-state index is 4.43. The van der Waals surface area contributed by atoms with Crippen LogP contribution in [0.5, 0.6) is 0 Å². The molecule has 2 aromatic carbocycles. The highest BCUT2D eigenvalue weighted by atomic mass is 15.0. The van der Waals surface area contributed by atoms with E-state index < -0.39 is 0 Å². The van der Waals surface area contributed by atoms with Gasteiger partial charge in [-0.25, -0.2) is 4.98 Å². The quantitative estimate of drug-likeness (QED) is 0.650. The lowest BCUT2D eigenvalue weighted by atomic mass is 10.1. The summed E-state index contributed by atoms with van der Waals surface area (Å²) in [5, 5.41) is 0. The van der Waals surface area contributed by atoms with Crippen molar-refractivity contribution in [1.29, 1.82) is 0 Å². The molecule has 0 aliphatic carbocycles. The third-order valence-corrected chi connectivity index (χ3v) is 3.04. The summed E-state index contributed by atoms with van der Waals surface area (Å²) in [6.45, 7) is 0.864. The van der Waals surface area contributed by atoms with Crippen molar-refractivity contribution in [1.82, 2.24) is 4.98 Å². The number of hydrogen-bond acceptors (Lipinski definition) is 1. The molecule has 3 rings (SSSR count). The van der Waals surface area contributed by atoms with Crippen molar-refractivity contribution in [3.05, 3.63) is 84.8 Å². The molecule has 0 N–H and O–H groups in total. The summed E-state index contributed by atoms with van der Waals surface area (Å²) < 4.78 is 2.16. The molecule has 0 unspecified atom stereocenters. The van der Waals surface area contributed by atoms with E-state index in [0.29, 0.717) is 0 Å². The van der Waals surface area contributed by atoms with Gasteiger partial charge >= 0.3 is 0 Å². The van der Waals surface area contributed by atoms with Crippen LogP contribution in [0.15, 0.2) is 79.3 Å². The summed E-state index contributed by atoms with van der Waals surface area (Å²) in [5.41, 5.74) is 3.43. The second-order valence-corrected chi connectivity index (χ2v) is 4.47. The fraction of sp³-hybridized carbons (Fsp3) is 0.0588. The van der Waals surface area contributed by atoms with Crippen LogP contribution in [0.4, 0.5) is 0 Å². The first-order chi connectivity index (χ1) is 9.42. The van der Waals surface area contributed by atoms with Gasteiger partial charge in [0.2, 0.25) is 0 Å². The Hall–Kier alpha value is -2.48. The molecular weight excluding hydrogens is 232 g/mol. The summed E-state index contributed by atoms with van der Waals surface area (Å²) in [7, 11) is 0. The third-order valence-electron chi connectivity index (χ3n) is 3.04. The van der Waals surface area contributed by atoms with E-state index in [-0.39, 0.29) is 0 Å². The molecule has 3 aromatic rings. The summed E-state index contributed by atoms with van der Waals surface area (Å²) >= 11 is 0. The minimum absolute atomic E-state index is 0.864. The molecule has 1 heterocycles. The van der Waals surface area contributed by atoms with Gasteiger partial charge in [0.15, 0.2) is 18.9 Å². The minimum atomic E-state index is 0.864. The molecule has 0 atom stereocenters. The van der Waals surface area contributed by atoms with Crippen molar-refractivity contribution in [3.8, 4) is 11.3 Å². The predicted octanol–water partition coefficient (Wildman–Crippen LogP) is 3.08. The normalized spacial score (nSPS) is 10.3. The Morgan fingerprint density at radius 2 is 1.53 bits per heavy atom. The Labute approximate surface area is 113 Å². The molecular formula is C17H15N2+. The van der Waals surface area contributed by atoms with Gasteiger partial charge in [0.25, 0.3) is 0 Å². The van der Waals surface area contributed by atoms with Crippen molar-refractivity contribution < 1.29 is 4.57 Å². The predicted molar refractivity (Wildman–Crippen MR) is 75.4 cm³/mol. The monoisotopic (exact) mass is 247 g/mol. The second-order valence-electron chi connectivity index (χ2n) is 4.47. The number of nitrogens with zero attached hydrogens (tertiary/aromatic N) is 2. The highest BCUT2D eigenvalue weighted by molar-refractivity contribution is 5.56. The van der Waals surface area contributed by atoms with Crippen molar-refractivity contribution in [3.63, 3.8) is 0 Å². The van der Waals surface area contributed by atoms with Crippen molar-refractivity contribution in [2.75, 3.05) is 0 Å². The fourth-order valence-electron chi connectivity index (χ4n) is 2.08. The largest absolute Gasteiger partial charge is 0.244 e. The van der Waals surface area contributed by atoms with Gasteiger partial charge in [-0.3, -0.25) is 0 Å². The number of rotatable bonds is 3. The fourth-order valence-corrected chi connectivity index (χ4v) is 2.08. The average molecular weight is 247 g/mol. The molecule has 2 heteroatoms. The molecule has 0 radical (unpaired) electrons. The van der Waals surface area contributed by atoms with Gasteiger partial charge in [0.05, 0.1) is 6.20 Å². The molecule has 2 nitrogen and oxygen atoms in total. The van der Waals surface area contributed by atoms with Crippen LogP contribution in [0.3, 0.4) is 0 Å². The first kappa shape index (κ1) is 11.6. The highest BCUT2D eigenvalue weighted by Crippen LogP contribution is 2.13. The summed E-state index contributed by atoms with van der Waals surface area (Å²) in [6, 6.07) is 20.7. The molecule has 0 amide bonds. The van der Waals surface area contributed by atoms with Crippen LogP contribution < -0.4 is 4.57 Å². The molecule has 0 saturated heterocycles. The van der Waals surface area contributed by atoms with Crippen LogP contribution in [-0.2, 0) is 6.54 Å². The molecule has 1 aromatic heterocycles. The summed E-state index contributed by atoms with van der Waals surface area (Å²) in [4.78, 5) is 4.43. The first-order valence-electron chi connectivity index (χ1n) is 6.36. The lowest BCUT2D eigenvalue weighted by Gasteiger charge is -2.01. The molecule has 0 aliphatic heterocycles. The Kier molecular flexibility index (Phi) is 3.32. The van der Waals surface area contributed by atoms with Gasteiger partial charge in [-0.2, -0.15) is 4.57 Å². The zero-order chi connectivity index (χ0) is 12.9. The second kappa shape index (κ2) is 5.44. The molecule has 0 aliphatic rings. The third kappa shape index (κ3) is 2.86. The number of benzene rings is 2. The van der Waals surface area contributed by atoms with Gasteiger partial charge < -0.3 is 0 Å². The number of aromatic nitrogens is 2. The lowest BCUT2D eigenvalue weighted by Crippen LogP contribution is -2.33. The SMILES string of the molecule is c1ccc(C[n+]2ccnc(-c3ccccc3)c2)cc1. The standard InChI is InChI=1S/C17H15N2/c1-3-7-15(8-4-1)13-19-12-11-18-17(14-19)16-9-5-2-6-10-16/h1-12,14H,13H2/q+1. The van der Waals surface area contributed by atoms with Gasteiger partial charge in [-0.05, 0) is 0 Å². The molecule has 0 saturated carbocycles. The van der Waals surface area contributed by atoms with Crippen molar-refractivity contribution in [2.45, 2.75) is 6.54 Å². The highest BCUT2D eigenvalue weighted by Gasteiger charge is 2.06. The van der Waals surface area contributed by atoms with Gasteiger partial charge in [-0.15, -0.1) is 0 Å². The smallest absolute Gasteiger partial charge is 0.195 e. The van der Waals surface area contributed by atoms with Crippen LogP contribution in [0.2, 0.25) is 0 Å². The van der Waals surface area contributed by atoms with Crippen LogP contribution in [0.25, 0.3) is 11.3 Å². The van der Waals surface area contributed by atoms with E-state index in [0.717, 1.165) is 17.8 Å². The van der Waals surface area contributed by atoms with Crippen LogP contribution >= 0.6 is 0 Å². The molecule has 0 spiro atoms. The summed E-state index contributed by atoms with van der Waals surface area (Å²) in [5.74, 6) is 0. The van der Waals surface area contributed by atoms with Gasteiger partial charge in [-0.1, -0.05) is 60.7 Å². The average Bonchev–Trinajstić information content (AvgIpc) is 2.49. The zero-order valence-corrected chi connectivity index (χ0v) is 10.6. The topological polar surface area (TPSA) is 16.8 Å². The summed E-state index contributed by atoms with van der Waals surface area (Å²) in [6.07, 6.45) is 5.94. The van der Waals surface area contributed by atoms with Gasteiger partial charge in [0.1, 0.15) is 5.69 Å². The zero-order valence-electron chi connectivity index (χ0n) is 10.6. The minimum Gasteiger partial charge on any atom is -0.244 e. The lowest BCUT2D eigenvalue weighted by molar-refractivity contribution is -0.688. The Bertz CT molecular complexity index is 648. The maximum atomic E-state index is 4.43. The van der Waals surface area contributed by atoms with E-state index in [1.165, 1.54) is 5.56 Å². The maximum Gasteiger partial charge on any atom is 0.195 e. The molecule has 19 heavy (non-hydrogen) atoms. The molecule has 92 valence electrons. The first-order valence-corrected chi connectivity index (χ1v) is 6.36. The molecule has 0 bridgehead atoms. The van der Waals surface area contributed by atoms with Crippen LogP contribution in [0, 0.1) is 0 Å². The van der Waals surface area contributed by atoms with E-state index in [2.05, 4.69) is 52.1 Å². The van der Waals surface area contributed by atoms with E-state index in [4.69, 9.17) is 0 Å². The van der Waals surface area contributed by atoms with E-state index in [1.54, 1.807) is 0 Å². The van der Waals surface area contributed by atoms with Crippen molar-refractivity contribution >= 4 is 0 Å². The Morgan fingerprint density at radius 1 is 0.842 bits per heavy atom. The number of hydrogen-bond donors (Lipinski definition) is 0. The van der Waals surface area contributed by atoms with E-state index in [1.807, 2.05) is 36.7 Å². The van der Waals surface area contributed by atoms with E-state index in [9.17, 15) is 0 Å². The molecule has 0 fully saturated rings. The van der Waals surface area contributed by atoms with Crippen LogP contribution in [0.1, 0.15) is 5.56 Å². The van der Waals surface area contributed by atoms with Crippen molar-refractivity contribution in [2.24, 2.45) is 0 Å². The van der Waals surface area contributed by atoms with Gasteiger partial charge in [0, 0.05) is 11.1 Å². The Morgan fingerprint density at radius 3 is 2.26 bits per heavy atom. The Balaban J connectivity index is 1.89. The van der Waals surface area contributed by atoms with Crippen LogP contribution in [-0.4, -0.2) is 4.98 Å². The van der Waals surface area contributed by atoms with E-state index >= 15 is 0 Å².